The molecular weight excluding hydrogens is 226 g/mol. The molecule has 1 aliphatic heterocycles. The molecule has 1 atom stereocenters. The summed E-state index contributed by atoms with van der Waals surface area (Å²) < 4.78 is 29.8. The number of rotatable bonds is 4. The second-order valence-electron chi connectivity index (χ2n) is 4.27. The van der Waals surface area contributed by atoms with Crippen molar-refractivity contribution in [3.8, 4) is 0 Å². The molecule has 0 amide bonds. The summed E-state index contributed by atoms with van der Waals surface area (Å²) in [5.74, 6) is -0.174. The van der Waals surface area contributed by atoms with E-state index in [-0.39, 0.29) is 11.8 Å². The van der Waals surface area contributed by atoms with Crippen LogP contribution in [0.25, 0.3) is 0 Å². The highest BCUT2D eigenvalue weighted by atomic mass is 32.2. The molecule has 0 fully saturated rings. The molecule has 1 aliphatic rings. The van der Waals surface area contributed by atoms with E-state index >= 15 is 0 Å². The molecule has 0 radical (unpaired) electrons. The van der Waals surface area contributed by atoms with Crippen molar-refractivity contribution in [3.05, 3.63) is 23.4 Å². The molecule has 1 N–H and O–H groups in total. The number of nitrogens with zero attached hydrogens (tertiary/aromatic N) is 1. The summed E-state index contributed by atoms with van der Waals surface area (Å²) in [5.41, 5.74) is 2.37. The molecule has 5 heteroatoms. The highest BCUT2D eigenvalue weighted by molar-refractivity contribution is 7.85. The van der Waals surface area contributed by atoms with Crippen LogP contribution in [0.3, 0.4) is 0 Å². The van der Waals surface area contributed by atoms with Crippen molar-refractivity contribution >= 4 is 10.1 Å². The average molecular weight is 245 g/mol. The zero-order valence-electron chi connectivity index (χ0n) is 9.97. The molecule has 0 aliphatic carbocycles. The van der Waals surface area contributed by atoms with Crippen LogP contribution in [0, 0.1) is 0 Å². The van der Waals surface area contributed by atoms with Crippen LogP contribution in [0.4, 0.5) is 0 Å². The first kappa shape index (κ1) is 13.3. The fourth-order valence-electron chi connectivity index (χ4n) is 2.05. The number of hydrogen-bond acceptors (Lipinski definition) is 3. The summed E-state index contributed by atoms with van der Waals surface area (Å²) in [6.45, 7) is 6.79. The molecule has 0 saturated heterocycles. The first-order valence-corrected chi connectivity index (χ1v) is 6.99. The van der Waals surface area contributed by atoms with Crippen LogP contribution in [-0.2, 0) is 10.1 Å². The molecule has 0 saturated carbocycles. The Morgan fingerprint density at radius 2 is 2.06 bits per heavy atom. The Kier molecular flexibility index (Phi) is 4.15. The van der Waals surface area contributed by atoms with Crippen LogP contribution >= 0.6 is 0 Å². The van der Waals surface area contributed by atoms with Gasteiger partial charge in [-0.25, -0.2) is 0 Å². The van der Waals surface area contributed by atoms with E-state index in [9.17, 15) is 8.42 Å². The van der Waals surface area contributed by atoms with Gasteiger partial charge in [-0.1, -0.05) is 11.6 Å². The fraction of sp³-hybridized carbons (Fsp3) is 0.636. The van der Waals surface area contributed by atoms with Crippen LogP contribution in [0.5, 0.6) is 0 Å². The Hall–Kier alpha value is -0.810. The van der Waals surface area contributed by atoms with E-state index < -0.39 is 10.1 Å². The summed E-state index contributed by atoms with van der Waals surface area (Å²) in [4.78, 5) is 2.14. The largest absolute Gasteiger partial charge is 0.369 e. The van der Waals surface area contributed by atoms with Gasteiger partial charge in [-0.05, 0) is 33.3 Å². The third-order valence-electron chi connectivity index (χ3n) is 2.69. The van der Waals surface area contributed by atoms with E-state index in [1.165, 1.54) is 5.57 Å². The van der Waals surface area contributed by atoms with Crippen LogP contribution in [0.15, 0.2) is 23.4 Å². The van der Waals surface area contributed by atoms with E-state index in [0.717, 1.165) is 5.70 Å². The lowest BCUT2D eigenvalue weighted by Crippen LogP contribution is -2.34. The Balaban J connectivity index is 2.53. The molecule has 92 valence electrons. The minimum absolute atomic E-state index is 0.174. The first-order valence-electron chi connectivity index (χ1n) is 5.38. The van der Waals surface area contributed by atoms with Crippen molar-refractivity contribution in [3.63, 3.8) is 0 Å². The monoisotopic (exact) mass is 245 g/mol. The molecule has 0 spiro atoms. The maximum atomic E-state index is 10.6. The van der Waals surface area contributed by atoms with Crippen LogP contribution in [-0.4, -0.2) is 36.2 Å². The summed E-state index contributed by atoms with van der Waals surface area (Å²) in [5, 5.41) is 0. The predicted molar refractivity (Wildman–Crippen MR) is 64.7 cm³/mol. The van der Waals surface area contributed by atoms with Gasteiger partial charge in [-0.3, -0.25) is 4.55 Å². The molecule has 1 rings (SSSR count). The van der Waals surface area contributed by atoms with Gasteiger partial charge in [-0.2, -0.15) is 8.42 Å². The lowest BCUT2D eigenvalue weighted by Gasteiger charge is -2.33. The summed E-state index contributed by atoms with van der Waals surface area (Å²) in [6, 6.07) is 0.284. The summed E-state index contributed by atoms with van der Waals surface area (Å²) in [6.07, 6.45) is 4.66. The Bertz CT molecular complexity index is 409. The van der Waals surface area contributed by atoms with E-state index in [1.54, 1.807) is 0 Å². The maximum absolute atomic E-state index is 10.6. The molecule has 1 unspecified atom stereocenters. The molecule has 1 heterocycles. The lowest BCUT2D eigenvalue weighted by atomic mass is 10.1. The normalized spacial score (nSPS) is 21.8. The molecule has 16 heavy (non-hydrogen) atoms. The number of allylic oxidation sites excluding steroid dienone is 3. The van der Waals surface area contributed by atoms with Crippen molar-refractivity contribution < 1.29 is 13.0 Å². The Morgan fingerprint density at radius 3 is 2.56 bits per heavy atom. The highest BCUT2D eigenvalue weighted by Gasteiger charge is 2.16. The fourth-order valence-corrected chi connectivity index (χ4v) is 2.54. The zero-order valence-corrected chi connectivity index (χ0v) is 10.8. The average Bonchev–Trinajstić information content (AvgIpc) is 2.07. The van der Waals surface area contributed by atoms with Gasteiger partial charge < -0.3 is 4.90 Å². The SMILES string of the molecule is CC1=CC(C)N(CCCS(=O)(=O)O)C(C)=C1. The third-order valence-corrected chi connectivity index (χ3v) is 3.49. The van der Waals surface area contributed by atoms with Gasteiger partial charge >= 0.3 is 0 Å². The topological polar surface area (TPSA) is 57.6 Å². The molecular formula is C11H19NO3S. The van der Waals surface area contributed by atoms with Gasteiger partial charge in [0.1, 0.15) is 0 Å². The summed E-state index contributed by atoms with van der Waals surface area (Å²) in [7, 11) is -3.83. The predicted octanol–water partition coefficient (Wildman–Crippen LogP) is 1.82. The molecule has 0 aromatic heterocycles. The molecule has 0 aromatic rings. The van der Waals surface area contributed by atoms with E-state index in [4.69, 9.17) is 4.55 Å². The smallest absolute Gasteiger partial charge is 0.264 e. The van der Waals surface area contributed by atoms with Gasteiger partial charge in [-0.15, -0.1) is 0 Å². The molecule has 4 nitrogen and oxygen atoms in total. The van der Waals surface area contributed by atoms with Crippen molar-refractivity contribution in [1.82, 2.24) is 4.90 Å². The van der Waals surface area contributed by atoms with Crippen LogP contribution < -0.4 is 0 Å². The maximum Gasteiger partial charge on any atom is 0.264 e. The van der Waals surface area contributed by atoms with Gasteiger partial charge in [0.2, 0.25) is 0 Å². The molecule has 0 aromatic carbocycles. The second-order valence-corrected chi connectivity index (χ2v) is 5.84. The van der Waals surface area contributed by atoms with Gasteiger partial charge in [0.25, 0.3) is 10.1 Å². The van der Waals surface area contributed by atoms with Crippen LogP contribution in [0.1, 0.15) is 27.2 Å². The van der Waals surface area contributed by atoms with E-state index in [1.807, 2.05) is 6.92 Å². The Morgan fingerprint density at radius 1 is 1.44 bits per heavy atom. The zero-order chi connectivity index (χ0) is 12.3. The number of hydrogen-bond donors (Lipinski definition) is 1. The lowest BCUT2D eigenvalue weighted by molar-refractivity contribution is 0.301. The highest BCUT2D eigenvalue weighted by Crippen LogP contribution is 2.19. The first-order chi connectivity index (χ1) is 7.29. The minimum atomic E-state index is -3.83. The van der Waals surface area contributed by atoms with Crippen molar-refractivity contribution in [1.29, 1.82) is 0 Å². The quantitative estimate of drug-likeness (QED) is 0.768. The van der Waals surface area contributed by atoms with Crippen molar-refractivity contribution in [2.45, 2.75) is 33.2 Å². The van der Waals surface area contributed by atoms with Crippen molar-refractivity contribution in [2.75, 3.05) is 12.3 Å². The third kappa shape index (κ3) is 3.98. The van der Waals surface area contributed by atoms with E-state index in [2.05, 4.69) is 30.9 Å². The minimum Gasteiger partial charge on any atom is -0.369 e. The second kappa shape index (κ2) is 5.01. The van der Waals surface area contributed by atoms with Gasteiger partial charge in [0, 0.05) is 18.3 Å². The Labute approximate surface area is 97.4 Å². The standard InChI is InChI=1S/C11H19NO3S/c1-9-7-10(2)12(11(3)8-9)5-4-6-16(13,14)15/h7-8,10H,4-6H2,1-3H3,(H,13,14,15). The van der Waals surface area contributed by atoms with E-state index in [0.29, 0.717) is 13.0 Å². The van der Waals surface area contributed by atoms with Crippen molar-refractivity contribution in [2.24, 2.45) is 0 Å². The van der Waals surface area contributed by atoms with Gasteiger partial charge in [0.15, 0.2) is 0 Å². The summed E-state index contributed by atoms with van der Waals surface area (Å²) >= 11 is 0. The van der Waals surface area contributed by atoms with Crippen LogP contribution in [0.2, 0.25) is 0 Å². The van der Waals surface area contributed by atoms with Gasteiger partial charge in [0.05, 0.1) is 5.75 Å². The molecule has 0 bridgehead atoms.